The van der Waals surface area contributed by atoms with E-state index in [0.717, 1.165) is 55.6 Å². The largest absolute Gasteiger partial charge is 0.497 e. The normalized spacial score (nSPS) is 23.6. The Kier molecular flexibility index (Phi) is 6.44. The van der Waals surface area contributed by atoms with Gasteiger partial charge >= 0.3 is 0 Å². The summed E-state index contributed by atoms with van der Waals surface area (Å²) in [5.41, 5.74) is 0.827. The van der Waals surface area contributed by atoms with E-state index in [1.54, 1.807) is 7.11 Å². The van der Waals surface area contributed by atoms with Crippen LogP contribution in [-0.2, 0) is 11.3 Å². The van der Waals surface area contributed by atoms with Gasteiger partial charge in [0.05, 0.1) is 19.6 Å². The lowest BCUT2D eigenvalue weighted by molar-refractivity contribution is -0.119. The van der Waals surface area contributed by atoms with Crippen molar-refractivity contribution in [3.05, 3.63) is 47.9 Å². The van der Waals surface area contributed by atoms with E-state index in [2.05, 4.69) is 28.2 Å². The average molecular weight is 412 g/mol. The number of anilines is 1. The van der Waals surface area contributed by atoms with Crippen LogP contribution in [0.1, 0.15) is 30.8 Å². The van der Waals surface area contributed by atoms with Gasteiger partial charge in [0.15, 0.2) is 0 Å². The number of carbonyl (C=O) groups is 1. The molecule has 3 heterocycles. The summed E-state index contributed by atoms with van der Waals surface area (Å²) in [6.07, 6.45) is 3.31. The lowest BCUT2D eigenvalue weighted by atomic mass is 9.86. The van der Waals surface area contributed by atoms with Crippen LogP contribution in [0.2, 0.25) is 0 Å². The molecule has 1 aromatic carbocycles. The Hall–Kier alpha value is -2.31. The Morgan fingerprint density at radius 3 is 2.53 bits per heavy atom. The summed E-state index contributed by atoms with van der Waals surface area (Å²) in [7, 11) is 3.81. The van der Waals surface area contributed by atoms with Gasteiger partial charge in [-0.3, -0.25) is 9.69 Å². The number of ether oxygens (including phenoxy) is 1. The molecule has 0 aliphatic carbocycles. The summed E-state index contributed by atoms with van der Waals surface area (Å²) in [4.78, 5) is 17.7. The van der Waals surface area contributed by atoms with Crippen LogP contribution in [0.5, 0.6) is 5.75 Å². The standard InChI is InChI=1S/C24H33N3O3/c1-17-4-7-22(30-17)16-27-12-10-18(11-13-27)23-14-19(15-26(23)2)24(28)25-20-5-8-21(29-3)9-6-20/h4-9,18-19,23H,10-16H2,1-3H3,(H,25,28). The number of benzene rings is 1. The van der Waals surface area contributed by atoms with E-state index in [4.69, 9.17) is 9.15 Å². The number of furan rings is 1. The topological polar surface area (TPSA) is 58.0 Å². The van der Waals surface area contributed by atoms with Gasteiger partial charge in [-0.2, -0.15) is 0 Å². The molecule has 2 saturated heterocycles. The number of hydrogen-bond acceptors (Lipinski definition) is 5. The highest BCUT2D eigenvalue weighted by Crippen LogP contribution is 2.34. The maximum atomic E-state index is 12.8. The third-order valence-corrected chi connectivity index (χ3v) is 6.68. The average Bonchev–Trinajstić information content (AvgIpc) is 3.34. The summed E-state index contributed by atoms with van der Waals surface area (Å²) in [5, 5.41) is 3.08. The van der Waals surface area contributed by atoms with Gasteiger partial charge in [0.25, 0.3) is 0 Å². The summed E-state index contributed by atoms with van der Waals surface area (Å²) in [5.74, 6) is 3.66. The highest BCUT2D eigenvalue weighted by atomic mass is 16.5. The second-order valence-electron chi connectivity index (χ2n) is 8.78. The number of hydrogen-bond donors (Lipinski definition) is 1. The van der Waals surface area contributed by atoms with Crippen molar-refractivity contribution in [2.75, 3.05) is 39.1 Å². The molecule has 0 radical (unpaired) electrons. The van der Waals surface area contributed by atoms with Crippen molar-refractivity contribution in [2.45, 2.75) is 38.8 Å². The zero-order valence-corrected chi connectivity index (χ0v) is 18.3. The van der Waals surface area contributed by atoms with Crippen molar-refractivity contribution in [2.24, 2.45) is 11.8 Å². The van der Waals surface area contributed by atoms with E-state index in [1.165, 1.54) is 12.8 Å². The number of piperidine rings is 1. The van der Waals surface area contributed by atoms with E-state index in [0.29, 0.717) is 12.0 Å². The fraction of sp³-hybridized carbons (Fsp3) is 0.542. The van der Waals surface area contributed by atoms with Gasteiger partial charge in [-0.1, -0.05) is 0 Å². The number of aryl methyl sites for hydroxylation is 1. The lowest BCUT2D eigenvalue weighted by Gasteiger charge is -2.36. The van der Waals surface area contributed by atoms with Crippen LogP contribution in [0, 0.1) is 18.8 Å². The Morgan fingerprint density at radius 2 is 1.90 bits per heavy atom. The molecule has 0 bridgehead atoms. The first-order valence-corrected chi connectivity index (χ1v) is 10.9. The van der Waals surface area contributed by atoms with Crippen LogP contribution in [0.3, 0.4) is 0 Å². The molecule has 4 rings (SSSR count). The predicted molar refractivity (Wildman–Crippen MR) is 118 cm³/mol. The molecule has 2 fully saturated rings. The van der Waals surface area contributed by atoms with Gasteiger partial charge in [0.1, 0.15) is 17.3 Å². The van der Waals surface area contributed by atoms with E-state index < -0.39 is 0 Å². The molecule has 1 aromatic heterocycles. The minimum absolute atomic E-state index is 0.0474. The van der Waals surface area contributed by atoms with Gasteiger partial charge < -0.3 is 19.4 Å². The van der Waals surface area contributed by atoms with Crippen molar-refractivity contribution in [3.63, 3.8) is 0 Å². The fourth-order valence-electron chi connectivity index (χ4n) is 4.98. The minimum atomic E-state index is 0.0474. The molecule has 0 saturated carbocycles. The predicted octanol–water partition coefficient (Wildman–Crippen LogP) is 3.77. The van der Waals surface area contributed by atoms with Gasteiger partial charge in [0.2, 0.25) is 5.91 Å². The number of likely N-dealkylation sites (tertiary alicyclic amines) is 2. The number of carbonyl (C=O) groups excluding carboxylic acids is 1. The summed E-state index contributed by atoms with van der Waals surface area (Å²) >= 11 is 0. The third kappa shape index (κ3) is 4.87. The van der Waals surface area contributed by atoms with Crippen LogP contribution in [0.15, 0.2) is 40.8 Å². The number of rotatable bonds is 6. The van der Waals surface area contributed by atoms with Crippen molar-refractivity contribution in [1.82, 2.24) is 9.80 Å². The Balaban J connectivity index is 1.27. The summed E-state index contributed by atoms with van der Waals surface area (Å²) in [6.45, 7) is 5.91. The first-order chi connectivity index (χ1) is 14.5. The molecule has 162 valence electrons. The van der Waals surface area contributed by atoms with E-state index in [9.17, 15) is 4.79 Å². The second kappa shape index (κ2) is 9.23. The van der Waals surface area contributed by atoms with Crippen molar-refractivity contribution in [1.29, 1.82) is 0 Å². The first-order valence-electron chi connectivity index (χ1n) is 10.9. The molecule has 2 aliphatic rings. The Morgan fingerprint density at radius 1 is 1.17 bits per heavy atom. The van der Waals surface area contributed by atoms with Crippen LogP contribution in [0.25, 0.3) is 0 Å². The molecule has 2 aromatic rings. The summed E-state index contributed by atoms with van der Waals surface area (Å²) < 4.78 is 10.9. The van der Waals surface area contributed by atoms with Crippen molar-refractivity contribution in [3.8, 4) is 5.75 Å². The molecule has 30 heavy (non-hydrogen) atoms. The lowest BCUT2D eigenvalue weighted by Crippen LogP contribution is -2.41. The highest BCUT2D eigenvalue weighted by molar-refractivity contribution is 5.93. The molecular formula is C24H33N3O3. The number of amides is 1. The summed E-state index contributed by atoms with van der Waals surface area (Å²) in [6, 6.07) is 12.1. The molecule has 6 nitrogen and oxygen atoms in total. The third-order valence-electron chi connectivity index (χ3n) is 6.68. The van der Waals surface area contributed by atoms with Gasteiger partial charge in [-0.25, -0.2) is 0 Å². The molecular weight excluding hydrogens is 378 g/mol. The molecule has 2 unspecified atom stereocenters. The smallest absolute Gasteiger partial charge is 0.228 e. The monoisotopic (exact) mass is 411 g/mol. The molecule has 1 N–H and O–H groups in total. The van der Waals surface area contributed by atoms with E-state index in [1.807, 2.05) is 37.3 Å². The molecule has 2 atom stereocenters. The minimum Gasteiger partial charge on any atom is -0.497 e. The molecule has 1 amide bonds. The molecule has 6 heteroatoms. The van der Waals surface area contributed by atoms with Crippen LogP contribution in [-0.4, -0.2) is 55.5 Å². The van der Waals surface area contributed by atoms with Crippen LogP contribution >= 0.6 is 0 Å². The van der Waals surface area contributed by atoms with E-state index >= 15 is 0 Å². The van der Waals surface area contributed by atoms with E-state index in [-0.39, 0.29) is 11.8 Å². The van der Waals surface area contributed by atoms with Gasteiger partial charge in [-0.15, -0.1) is 0 Å². The zero-order valence-electron chi connectivity index (χ0n) is 18.3. The second-order valence-corrected chi connectivity index (χ2v) is 8.78. The maximum absolute atomic E-state index is 12.8. The van der Waals surface area contributed by atoms with Gasteiger partial charge in [-0.05, 0) is 88.6 Å². The van der Waals surface area contributed by atoms with Gasteiger partial charge in [0, 0.05) is 18.3 Å². The molecule has 2 aliphatic heterocycles. The number of nitrogens with one attached hydrogen (secondary N) is 1. The molecule has 0 spiro atoms. The van der Waals surface area contributed by atoms with Crippen LogP contribution in [0.4, 0.5) is 5.69 Å². The number of nitrogens with zero attached hydrogens (tertiary/aromatic N) is 2. The SMILES string of the molecule is COc1ccc(NC(=O)C2CC(C3CCN(Cc4ccc(C)o4)CC3)N(C)C2)cc1. The van der Waals surface area contributed by atoms with Crippen molar-refractivity contribution < 1.29 is 13.9 Å². The number of methoxy groups -OCH3 is 1. The quantitative estimate of drug-likeness (QED) is 0.784. The Labute approximate surface area is 179 Å². The van der Waals surface area contributed by atoms with Crippen LogP contribution < -0.4 is 10.1 Å². The highest BCUT2D eigenvalue weighted by Gasteiger charge is 2.39. The zero-order chi connectivity index (χ0) is 21.1. The first kappa shape index (κ1) is 20.9. The fourth-order valence-corrected chi connectivity index (χ4v) is 4.98. The Bertz CT molecular complexity index is 840. The van der Waals surface area contributed by atoms with Crippen molar-refractivity contribution >= 4 is 11.6 Å². The maximum Gasteiger partial charge on any atom is 0.228 e.